The third-order valence-electron chi connectivity index (χ3n) is 3.85. The van der Waals surface area contributed by atoms with Crippen molar-refractivity contribution in [3.63, 3.8) is 0 Å². The molecule has 1 amide bonds. The van der Waals surface area contributed by atoms with Gasteiger partial charge in [0.15, 0.2) is 0 Å². The number of carbonyl (C=O) groups excluding carboxylic acids is 1. The summed E-state index contributed by atoms with van der Waals surface area (Å²) in [6.07, 6.45) is 1.61. The summed E-state index contributed by atoms with van der Waals surface area (Å²) in [5.74, 6) is -0.997. The van der Waals surface area contributed by atoms with Gasteiger partial charge in [-0.2, -0.15) is 11.3 Å². The molecule has 1 fully saturated rings. The van der Waals surface area contributed by atoms with E-state index in [-0.39, 0.29) is 11.9 Å². The number of carboxylic acids is 1. The summed E-state index contributed by atoms with van der Waals surface area (Å²) in [6.45, 7) is 0.517. The Morgan fingerprint density at radius 3 is 2.80 bits per heavy atom. The smallest absolute Gasteiger partial charge is 0.326 e. The predicted molar refractivity (Wildman–Crippen MR) is 77.9 cm³/mol. The fourth-order valence-corrected chi connectivity index (χ4v) is 3.29. The van der Waals surface area contributed by atoms with Gasteiger partial charge < -0.3 is 14.9 Å². The molecule has 0 bridgehead atoms. The molecule has 1 aliphatic rings. The second-order valence-electron chi connectivity index (χ2n) is 5.39. The summed E-state index contributed by atoms with van der Waals surface area (Å²) in [7, 11) is 3.90. The lowest BCUT2D eigenvalue weighted by molar-refractivity contribution is -0.153. The first kappa shape index (κ1) is 15.0. The van der Waals surface area contributed by atoms with Crippen LogP contribution in [0.15, 0.2) is 16.8 Å². The average Bonchev–Trinajstić information content (AvgIpc) is 2.90. The summed E-state index contributed by atoms with van der Waals surface area (Å²) in [5, 5.41) is 13.2. The Bertz CT molecular complexity index is 473. The summed E-state index contributed by atoms with van der Waals surface area (Å²) in [4.78, 5) is 27.3. The second-order valence-corrected chi connectivity index (χ2v) is 6.17. The summed E-state index contributed by atoms with van der Waals surface area (Å²) in [6, 6.07) is 1.42. The lowest BCUT2D eigenvalue weighted by Crippen LogP contribution is -2.54. The fourth-order valence-electron chi connectivity index (χ4n) is 2.62. The number of rotatable bonds is 4. The van der Waals surface area contributed by atoms with E-state index in [1.165, 1.54) is 4.90 Å². The molecule has 110 valence electrons. The van der Waals surface area contributed by atoms with E-state index < -0.39 is 12.0 Å². The number of carboxylic acid groups (broad SMARTS) is 1. The van der Waals surface area contributed by atoms with E-state index in [4.69, 9.17) is 0 Å². The molecule has 0 aromatic carbocycles. The number of nitrogens with zero attached hydrogens (tertiary/aromatic N) is 2. The molecule has 2 heterocycles. The molecule has 0 spiro atoms. The normalized spacial score (nSPS) is 23.1. The summed E-state index contributed by atoms with van der Waals surface area (Å²) in [5.41, 5.74) is 0.957. The molecular weight excluding hydrogens is 276 g/mol. The predicted octanol–water partition coefficient (Wildman–Crippen LogP) is 1.30. The van der Waals surface area contributed by atoms with Crippen LogP contribution in [0.25, 0.3) is 0 Å². The van der Waals surface area contributed by atoms with Crippen molar-refractivity contribution in [1.29, 1.82) is 0 Å². The highest BCUT2D eigenvalue weighted by Gasteiger charge is 2.36. The lowest BCUT2D eigenvalue weighted by Gasteiger charge is -2.39. The molecule has 6 heteroatoms. The highest BCUT2D eigenvalue weighted by molar-refractivity contribution is 7.07. The molecule has 0 radical (unpaired) electrons. The first-order valence-corrected chi connectivity index (χ1v) is 7.63. The van der Waals surface area contributed by atoms with Gasteiger partial charge in [-0.3, -0.25) is 4.79 Å². The number of amides is 1. The SMILES string of the molecule is CN(C)[C@H]1CCN(C(=O)Cc2ccsc2)[C@@H](C(=O)O)C1. The van der Waals surface area contributed by atoms with Gasteiger partial charge >= 0.3 is 5.97 Å². The highest BCUT2D eigenvalue weighted by Crippen LogP contribution is 2.22. The van der Waals surface area contributed by atoms with Gasteiger partial charge in [0.2, 0.25) is 5.91 Å². The number of carbonyl (C=O) groups is 2. The van der Waals surface area contributed by atoms with Crippen LogP contribution < -0.4 is 0 Å². The van der Waals surface area contributed by atoms with Crippen LogP contribution in [-0.2, 0) is 16.0 Å². The maximum absolute atomic E-state index is 12.3. The third kappa shape index (κ3) is 3.37. The molecule has 2 rings (SSSR count). The van der Waals surface area contributed by atoms with Crippen molar-refractivity contribution in [2.24, 2.45) is 0 Å². The molecule has 1 saturated heterocycles. The Morgan fingerprint density at radius 1 is 1.50 bits per heavy atom. The lowest BCUT2D eigenvalue weighted by atomic mass is 9.95. The molecule has 2 atom stereocenters. The Kier molecular flexibility index (Phi) is 4.77. The molecule has 1 aliphatic heterocycles. The molecular formula is C14H20N2O3S. The van der Waals surface area contributed by atoms with Gasteiger partial charge in [-0.1, -0.05) is 0 Å². The van der Waals surface area contributed by atoms with Crippen LogP contribution in [0.4, 0.5) is 0 Å². The Hall–Kier alpha value is -1.40. The highest BCUT2D eigenvalue weighted by atomic mass is 32.1. The van der Waals surface area contributed by atoms with Gasteiger partial charge in [-0.25, -0.2) is 4.79 Å². The van der Waals surface area contributed by atoms with Crippen LogP contribution in [0.3, 0.4) is 0 Å². The minimum atomic E-state index is -0.907. The quantitative estimate of drug-likeness (QED) is 0.909. The van der Waals surface area contributed by atoms with Crippen molar-refractivity contribution in [2.45, 2.75) is 31.3 Å². The van der Waals surface area contributed by atoms with Crippen LogP contribution in [0.5, 0.6) is 0 Å². The van der Waals surface area contributed by atoms with Crippen molar-refractivity contribution in [3.8, 4) is 0 Å². The van der Waals surface area contributed by atoms with E-state index in [0.717, 1.165) is 12.0 Å². The molecule has 0 unspecified atom stereocenters. The van der Waals surface area contributed by atoms with Gasteiger partial charge in [-0.05, 0) is 49.3 Å². The maximum atomic E-state index is 12.3. The molecule has 20 heavy (non-hydrogen) atoms. The largest absolute Gasteiger partial charge is 0.480 e. The van der Waals surface area contributed by atoms with Crippen LogP contribution in [0.1, 0.15) is 18.4 Å². The first-order valence-electron chi connectivity index (χ1n) is 6.69. The van der Waals surface area contributed by atoms with E-state index in [2.05, 4.69) is 0 Å². The van der Waals surface area contributed by atoms with E-state index in [1.54, 1.807) is 11.3 Å². The molecule has 1 aromatic heterocycles. The third-order valence-corrected chi connectivity index (χ3v) is 4.58. The Balaban J connectivity index is 2.05. The number of likely N-dealkylation sites (tertiary alicyclic amines) is 1. The minimum absolute atomic E-state index is 0.0898. The van der Waals surface area contributed by atoms with Crippen LogP contribution in [0.2, 0.25) is 0 Å². The average molecular weight is 296 g/mol. The number of piperidine rings is 1. The molecule has 5 nitrogen and oxygen atoms in total. The zero-order valence-corrected chi connectivity index (χ0v) is 12.6. The van der Waals surface area contributed by atoms with Crippen molar-refractivity contribution in [1.82, 2.24) is 9.80 Å². The molecule has 0 aliphatic carbocycles. The zero-order chi connectivity index (χ0) is 14.7. The van der Waals surface area contributed by atoms with Crippen molar-refractivity contribution in [3.05, 3.63) is 22.4 Å². The van der Waals surface area contributed by atoms with E-state index in [0.29, 0.717) is 19.4 Å². The second kappa shape index (κ2) is 6.37. The minimum Gasteiger partial charge on any atom is -0.480 e. The first-order chi connectivity index (χ1) is 9.49. The van der Waals surface area contributed by atoms with Gasteiger partial charge in [-0.15, -0.1) is 0 Å². The van der Waals surface area contributed by atoms with Gasteiger partial charge in [0.05, 0.1) is 6.42 Å². The van der Waals surface area contributed by atoms with E-state index in [9.17, 15) is 14.7 Å². The summed E-state index contributed by atoms with van der Waals surface area (Å²) < 4.78 is 0. The van der Waals surface area contributed by atoms with Gasteiger partial charge in [0, 0.05) is 12.6 Å². The Labute approximate surface area is 122 Å². The molecule has 1 aromatic rings. The number of thiophene rings is 1. The monoisotopic (exact) mass is 296 g/mol. The fraction of sp³-hybridized carbons (Fsp3) is 0.571. The van der Waals surface area contributed by atoms with Gasteiger partial charge in [0.1, 0.15) is 6.04 Å². The number of hydrogen-bond acceptors (Lipinski definition) is 4. The van der Waals surface area contributed by atoms with E-state index >= 15 is 0 Å². The van der Waals surface area contributed by atoms with Crippen molar-refractivity contribution >= 4 is 23.2 Å². The molecule has 1 N–H and O–H groups in total. The standard InChI is InChI=1S/C14H20N2O3S/c1-15(2)11-3-5-16(12(8-11)14(18)19)13(17)7-10-4-6-20-9-10/h4,6,9,11-12H,3,5,7-8H2,1-2H3,(H,18,19)/t11-,12+/m0/s1. The number of aliphatic carboxylic acids is 1. The summed E-state index contributed by atoms with van der Waals surface area (Å²) >= 11 is 1.55. The van der Waals surface area contributed by atoms with Crippen LogP contribution >= 0.6 is 11.3 Å². The number of hydrogen-bond donors (Lipinski definition) is 1. The van der Waals surface area contributed by atoms with Crippen LogP contribution in [-0.4, -0.2) is 59.5 Å². The molecule has 0 saturated carbocycles. The Morgan fingerprint density at radius 2 is 2.25 bits per heavy atom. The topological polar surface area (TPSA) is 60.9 Å². The van der Waals surface area contributed by atoms with Gasteiger partial charge in [0.25, 0.3) is 0 Å². The van der Waals surface area contributed by atoms with E-state index in [1.807, 2.05) is 35.8 Å². The van der Waals surface area contributed by atoms with Crippen molar-refractivity contribution in [2.75, 3.05) is 20.6 Å². The maximum Gasteiger partial charge on any atom is 0.326 e. The van der Waals surface area contributed by atoms with Crippen LogP contribution in [0, 0.1) is 0 Å². The zero-order valence-electron chi connectivity index (χ0n) is 11.8. The van der Waals surface area contributed by atoms with Crippen molar-refractivity contribution < 1.29 is 14.7 Å².